The topological polar surface area (TPSA) is 53.4 Å². The van der Waals surface area contributed by atoms with Crippen molar-refractivity contribution in [3.8, 4) is 11.5 Å². The van der Waals surface area contributed by atoms with E-state index in [9.17, 15) is 4.79 Å². The van der Waals surface area contributed by atoms with Gasteiger partial charge in [-0.15, -0.1) is 0 Å². The number of aryl methyl sites for hydroxylation is 1. The Morgan fingerprint density at radius 3 is 2.52 bits per heavy atom. The van der Waals surface area contributed by atoms with Crippen molar-refractivity contribution in [2.75, 3.05) is 7.11 Å². The molecule has 1 aromatic heterocycles. The molecule has 0 unspecified atom stereocenters. The van der Waals surface area contributed by atoms with Crippen LogP contribution in [0.25, 0.3) is 6.08 Å². The fraction of sp³-hybridized carbons (Fsp3) is 0.250. The molecule has 0 radical (unpaired) electrons. The SMILES string of the molecule is COc1ccc(/C=C/C(=O)c2ccn(C)n2)cc1COc1ccc(C(C)C)cc1. The lowest BCUT2D eigenvalue weighted by atomic mass is 10.0. The second-order valence-electron chi connectivity index (χ2n) is 7.16. The van der Waals surface area contributed by atoms with E-state index in [2.05, 4.69) is 31.1 Å². The number of ketones is 1. The zero-order chi connectivity index (χ0) is 20.8. The maximum Gasteiger partial charge on any atom is 0.206 e. The van der Waals surface area contributed by atoms with Crippen molar-refractivity contribution in [1.82, 2.24) is 9.78 Å². The fourth-order valence-electron chi connectivity index (χ4n) is 2.93. The van der Waals surface area contributed by atoms with Gasteiger partial charge in [0, 0.05) is 18.8 Å². The number of ether oxygens (including phenoxy) is 2. The van der Waals surface area contributed by atoms with Gasteiger partial charge in [0.15, 0.2) is 0 Å². The minimum Gasteiger partial charge on any atom is -0.496 e. The number of hydrogen-bond donors (Lipinski definition) is 0. The summed E-state index contributed by atoms with van der Waals surface area (Å²) < 4.78 is 13.0. The van der Waals surface area contributed by atoms with E-state index in [0.29, 0.717) is 18.2 Å². The molecule has 0 spiro atoms. The van der Waals surface area contributed by atoms with Crippen LogP contribution in [0.4, 0.5) is 0 Å². The van der Waals surface area contributed by atoms with Crippen molar-refractivity contribution in [3.05, 3.63) is 83.2 Å². The zero-order valence-corrected chi connectivity index (χ0v) is 17.3. The standard InChI is InChI=1S/C24H26N2O3/c1-17(2)19-7-9-21(10-8-19)29-16-20-15-18(6-12-24(20)28-4)5-11-23(27)22-13-14-26(3)25-22/h5-15,17H,16H2,1-4H3/b11-5+. The van der Waals surface area contributed by atoms with Crippen LogP contribution < -0.4 is 9.47 Å². The average molecular weight is 390 g/mol. The highest BCUT2D eigenvalue weighted by Gasteiger charge is 2.08. The Labute approximate surface area is 171 Å². The van der Waals surface area contributed by atoms with Crippen LogP contribution in [0, 0.1) is 0 Å². The van der Waals surface area contributed by atoms with E-state index in [0.717, 1.165) is 22.6 Å². The Morgan fingerprint density at radius 2 is 1.90 bits per heavy atom. The molecule has 0 aliphatic carbocycles. The highest BCUT2D eigenvalue weighted by Crippen LogP contribution is 2.24. The molecule has 0 aliphatic heterocycles. The van der Waals surface area contributed by atoms with Crippen molar-refractivity contribution < 1.29 is 14.3 Å². The fourth-order valence-corrected chi connectivity index (χ4v) is 2.93. The molecule has 3 rings (SSSR count). The van der Waals surface area contributed by atoms with Crippen molar-refractivity contribution >= 4 is 11.9 Å². The monoisotopic (exact) mass is 390 g/mol. The Hall–Kier alpha value is -3.34. The minimum atomic E-state index is -0.135. The van der Waals surface area contributed by atoms with E-state index < -0.39 is 0 Å². The van der Waals surface area contributed by atoms with Crippen LogP contribution in [0.5, 0.6) is 11.5 Å². The predicted octanol–water partition coefficient (Wildman–Crippen LogP) is 5.03. The maximum atomic E-state index is 12.2. The lowest BCUT2D eigenvalue weighted by Crippen LogP contribution is -2.00. The first kappa shape index (κ1) is 20.4. The molecule has 2 aromatic carbocycles. The number of nitrogens with zero attached hydrogens (tertiary/aromatic N) is 2. The number of methoxy groups -OCH3 is 1. The number of carbonyl (C=O) groups excluding carboxylic acids is 1. The Bertz CT molecular complexity index is 1000. The van der Waals surface area contributed by atoms with E-state index in [4.69, 9.17) is 9.47 Å². The van der Waals surface area contributed by atoms with Crippen LogP contribution in [0.15, 0.2) is 60.8 Å². The zero-order valence-electron chi connectivity index (χ0n) is 17.3. The second kappa shape index (κ2) is 9.24. The summed E-state index contributed by atoms with van der Waals surface area (Å²) in [6.07, 6.45) is 5.05. The van der Waals surface area contributed by atoms with Crippen molar-refractivity contribution in [2.24, 2.45) is 7.05 Å². The molecule has 29 heavy (non-hydrogen) atoms. The van der Waals surface area contributed by atoms with E-state index in [1.807, 2.05) is 30.3 Å². The van der Waals surface area contributed by atoms with Gasteiger partial charge in [0.25, 0.3) is 0 Å². The van der Waals surface area contributed by atoms with Gasteiger partial charge in [-0.05, 0) is 53.5 Å². The van der Waals surface area contributed by atoms with Crippen LogP contribution in [0.3, 0.4) is 0 Å². The van der Waals surface area contributed by atoms with Gasteiger partial charge in [0.05, 0.1) is 7.11 Å². The number of allylic oxidation sites excluding steroid dienone is 1. The predicted molar refractivity (Wildman–Crippen MR) is 114 cm³/mol. The van der Waals surface area contributed by atoms with Crippen molar-refractivity contribution in [3.63, 3.8) is 0 Å². The first-order chi connectivity index (χ1) is 14.0. The number of aromatic nitrogens is 2. The summed E-state index contributed by atoms with van der Waals surface area (Å²) in [5.41, 5.74) is 3.50. The van der Waals surface area contributed by atoms with E-state index in [1.54, 1.807) is 37.2 Å². The molecule has 3 aromatic rings. The molecule has 1 heterocycles. The third-order valence-electron chi connectivity index (χ3n) is 4.64. The van der Waals surface area contributed by atoms with Crippen LogP contribution in [0.2, 0.25) is 0 Å². The Morgan fingerprint density at radius 1 is 1.14 bits per heavy atom. The lowest BCUT2D eigenvalue weighted by Gasteiger charge is -2.12. The summed E-state index contributed by atoms with van der Waals surface area (Å²) in [5, 5.41) is 4.12. The van der Waals surface area contributed by atoms with Gasteiger partial charge in [0.1, 0.15) is 23.8 Å². The second-order valence-corrected chi connectivity index (χ2v) is 7.16. The molecular formula is C24H26N2O3. The Kier molecular flexibility index (Phi) is 6.50. The molecule has 150 valence electrons. The quantitative estimate of drug-likeness (QED) is 0.400. The van der Waals surface area contributed by atoms with Gasteiger partial charge in [-0.2, -0.15) is 5.10 Å². The number of rotatable bonds is 8. The van der Waals surface area contributed by atoms with E-state index in [1.165, 1.54) is 11.6 Å². The normalized spacial score (nSPS) is 11.2. The highest BCUT2D eigenvalue weighted by molar-refractivity contribution is 6.05. The van der Waals surface area contributed by atoms with Crippen LogP contribution in [0.1, 0.15) is 46.9 Å². The molecule has 0 saturated carbocycles. The average Bonchev–Trinajstić information content (AvgIpc) is 3.17. The third kappa shape index (κ3) is 5.35. The summed E-state index contributed by atoms with van der Waals surface area (Å²) in [6, 6.07) is 15.6. The highest BCUT2D eigenvalue weighted by atomic mass is 16.5. The van der Waals surface area contributed by atoms with Crippen LogP contribution in [-0.4, -0.2) is 22.7 Å². The molecule has 5 heteroatoms. The third-order valence-corrected chi connectivity index (χ3v) is 4.64. The lowest BCUT2D eigenvalue weighted by molar-refractivity contribution is 0.104. The summed E-state index contributed by atoms with van der Waals surface area (Å²) >= 11 is 0. The smallest absolute Gasteiger partial charge is 0.206 e. The molecule has 0 saturated heterocycles. The molecule has 0 N–H and O–H groups in total. The van der Waals surface area contributed by atoms with Crippen molar-refractivity contribution in [1.29, 1.82) is 0 Å². The van der Waals surface area contributed by atoms with Crippen molar-refractivity contribution in [2.45, 2.75) is 26.4 Å². The molecule has 0 bridgehead atoms. The van der Waals surface area contributed by atoms with E-state index in [-0.39, 0.29) is 5.78 Å². The largest absolute Gasteiger partial charge is 0.496 e. The van der Waals surface area contributed by atoms with Gasteiger partial charge >= 0.3 is 0 Å². The Balaban J connectivity index is 1.71. The van der Waals surface area contributed by atoms with Gasteiger partial charge in [-0.3, -0.25) is 9.48 Å². The maximum absolute atomic E-state index is 12.2. The summed E-state index contributed by atoms with van der Waals surface area (Å²) in [5.74, 6) is 1.91. The van der Waals surface area contributed by atoms with Crippen LogP contribution >= 0.6 is 0 Å². The first-order valence-corrected chi connectivity index (χ1v) is 9.58. The van der Waals surface area contributed by atoms with E-state index >= 15 is 0 Å². The van der Waals surface area contributed by atoms with Gasteiger partial charge in [-0.25, -0.2) is 0 Å². The molecule has 5 nitrogen and oxygen atoms in total. The van der Waals surface area contributed by atoms with Crippen LogP contribution in [-0.2, 0) is 13.7 Å². The summed E-state index contributed by atoms with van der Waals surface area (Å²) in [7, 11) is 3.42. The summed E-state index contributed by atoms with van der Waals surface area (Å²) in [4.78, 5) is 12.2. The molecule has 0 fully saturated rings. The molecular weight excluding hydrogens is 364 g/mol. The first-order valence-electron chi connectivity index (χ1n) is 9.58. The number of hydrogen-bond acceptors (Lipinski definition) is 4. The summed E-state index contributed by atoms with van der Waals surface area (Å²) in [6.45, 7) is 4.71. The number of benzene rings is 2. The number of carbonyl (C=O) groups is 1. The van der Waals surface area contributed by atoms with Gasteiger partial charge < -0.3 is 9.47 Å². The molecule has 0 atom stereocenters. The molecule has 0 aliphatic rings. The minimum absolute atomic E-state index is 0.135. The van der Waals surface area contributed by atoms with Gasteiger partial charge in [0.2, 0.25) is 5.78 Å². The molecule has 0 amide bonds. The van der Waals surface area contributed by atoms with Gasteiger partial charge in [-0.1, -0.05) is 38.1 Å².